The summed E-state index contributed by atoms with van der Waals surface area (Å²) in [5.74, 6) is 0. The van der Waals surface area contributed by atoms with Gasteiger partial charge in [-0.3, -0.25) is 0 Å². The molecule has 300 valence electrons. The van der Waals surface area contributed by atoms with Crippen LogP contribution in [0.5, 0.6) is 0 Å². The number of para-hydroxylation sites is 3. The average Bonchev–Trinajstić information content (AvgIpc) is 3.72. The van der Waals surface area contributed by atoms with Gasteiger partial charge < -0.3 is 9.47 Å². The second-order valence-corrected chi connectivity index (χ2v) is 16.4. The lowest BCUT2D eigenvalue weighted by molar-refractivity contribution is 1.18. The first kappa shape index (κ1) is 37.3. The lowest BCUT2D eigenvalue weighted by atomic mass is 9.91. The molecule has 0 aliphatic carbocycles. The number of hydrogen-bond donors (Lipinski definition) is 0. The summed E-state index contributed by atoms with van der Waals surface area (Å²) >= 11 is 0. The Morgan fingerprint density at radius 3 is 1.62 bits per heavy atom. The summed E-state index contributed by atoms with van der Waals surface area (Å²) in [5, 5.41) is 7.42. The fourth-order valence-electron chi connectivity index (χ4n) is 9.94. The van der Waals surface area contributed by atoms with Crippen LogP contribution >= 0.6 is 0 Å². The van der Waals surface area contributed by atoms with Crippen LogP contribution in [0.25, 0.3) is 93.5 Å². The highest BCUT2D eigenvalue weighted by Crippen LogP contribution is 2.47. The molecule has 12 rings (SSSR count). The highest BCUT2D eigenvalue weighted by molar-refractivity contribution is 6.17. The van der Waals surface area contributed by atoms with E-state index in [-0.39, 0.29) is 0 Å². The summed E-state index contributed by atoms with van der Waals surface area (Å²) in [5.41, 5.74) is 16.3. The zero-order valence-electron chi connectivity index (χ0n) is 35.1. The number of benzene rings is 11. The normalized spacial score (nSPS) is 11.4. The Morgan fingerprint density at radius 2 is 0.812 bits per heavy atom. The second-order valence-electron chi connectivity index (χ2n) is 16.4. The Balaban J connectivity index is 1.08. The molecule has 0 aliphatic heterocycles. The number of fused-ring (bicyclic) bond motifs is 5. The van der Waals surface area contributed by atoms with Gasteiger partial charge in [-0.2, -0.15) is 0 Å². The second kappa shape index (κ2) is 15.8. The van der Waals surface area contributed by atoms with E-state index in [1.165, 1.54) is 76.7 Å². The van der Waals surface area contributed by atoms with Gasteiger partial charge in [-0.05, 0) is 115 Å². The highest BCUT2D eigenvalue weighted by Gasteiger charge is 2.22. The minimum Gasteiger partial charge on any atom is -0.310 e. The molecular formula is C62H42N2. The van der Waals surface area contributed by atoms with Gasteiger partial charge in [0.1, 0.15) is 0 Å². The zero-order valence-corrected chi connectivity index (χ0v) is 35.1. The minimum atomic E-state index is 1.08. The van der Waals surface area contributed by atoms with Gasteiger partial charge in [0.05, 0.1) is 16.7 Å². The van der Waals surface area contributed by atoms with Crippen LogP contribution in [0.15, 0.2) is 255 Å². The van der Waals surface area contributed by atoms with Crippen LogP contribution in [0.1, 0.15) is 0 Å². The maximum atomic E-state index is 2.45. The van der Waals surface area contributed by atoms with Crippen molar-refractivity contribution in [2.24, 2.45) is 0 Å². The molecule has 1 aromatic heterocycles. The van der Waals surface area contributed by atoms with Gasteiger partial charge in [0.2, 0.25) is 0 Å². The first-order valence-corrected chi connectivity index (χ1v) is 22.0. The molecular weight excluding hydrogens is 773 g/mol. The van der Waals surface area contributed by atoms with Gasteiger partial charge in [0.15, 0.2) is 0 Å². The van der Waals surface area contributed by atoms with Crippen molar-refractivity contribution in [3.63, 3.8) is 0 Å². The van der Waals surface area contributed by atoms with Crippen molar-refractivity contribution in [3.8, 4) is 50.2 Å². The first-order valence-electron chi connectivity index (χ1n) is 22.0. The molecule has 64 heavy (non-hydrogen) atoms. The molecule has 0 N–H and O–H groups in total. The van der Waals surface area contributed by atoms with Crippen molar-refractivity contribution < 1.29 is 0 Å². The van der Waals surface area contributed by atoms with Gasteiger partial charge in [0.25, 0.3) is 0 Å². The number of hydrogen-bond acceptors (Lipinski definition) is 1. The molecule has 0 aliphatic rings. The smallest absolute Gasteiger partial charge is 0.0547 e. The van der Waals surface area contributed by atoms with E-state index < -0.39 is 0 Å². The van der Waals surface area contributed by atoms with Crippen molar-refractivity contribution >= 4 is 60.4 Å². The van der Waals surface area contributed by atoms with Crippen LogP contribution in [-0.2, 0) is 0 Å². The quantitative estimate of drug-likeness (QED) is 0.148. The van der Waals surface area contributed by atoms with E-state index in [0.717, 1.165) is 33.9 Å². The number of aromatic nitrogens is 1. The molecule has 11 aromatic carbocycles. The molecule has 0 unspecified atom stereocenters. The third-order valence-electron chi connectivity index (χ3n) is 12.8. The Bertz CT molecular complexity index is 3650. The predicted molar refractivity (Wildman–Crippen MR) is 272 cm³/mol. The van der Waals surface area contributed by atoms with Crippen molar-refractivity contribution in [1.29, 1.82) is 0 Å². The lowest BCUT2D eigenvalue weighted by Crippen LogP contribution is -2.11. The van der Waals surface area contributed by atoms with E-state index in [0.29, 0.717) is 0 Å². The molecule has 1 heterocycles. The fourth-order valence-corrected chi connectivity index (χ4v) is 9.94. The minimum absolute atomic E-state index is 1.08. The Hall–Kier alpha value is -8.46. The monoisotopic (exact) mass is 814 g/mol. The van der Waals surface area contributed by atoms with Crippen molar-refractivity contribution in [3.05, 3.63) is 255 Å². The fraction of sp³-hybridized carbons (Fsp3) is 0. The van der Waals surface area contributed by atoms with Gasteiger partial charge >= 0.3 is 0 Å². The maximum Gasteiger partial charge on any atom is 0.0547 e. The number of rotatable bonds is 8. The van der Waals surface area contributed by atoms with Crippen LogP contribution in [0.3, 0.4) is 0 Å². The lowest BCUT2D eigenvalue weighted by Gasteiger charge is -2.29. The SMILES string of the molecule is c1ccc(-c2cccc3cccc(-c4cccc(N(c5ccc(-c6cccc7ccccc67)cc5)c5ccccc5-c5cccc6c5c5ccccc5n6-c5ccccc5)c4)c23)cc1. The summed E-state index contributed by atoms with van der Waals surface area (Å²) in [7, 11) is 0. The molecule has 2 nitrogen and oxygen atoms in total. The molecule has 0 spiro atoms. The van der Waals surface area contributed by atoms with E-state index in [4.69, 9.17) is 0 Å². The topological polar surface area (TPSA) is 8.17 Å². The summed E-state index contributed by atoms with van der Waals surface area (Å²) in [6.07, 6.45) is 0. The maximum absolute atomic E-state index is 2.45. The molecule has 0 saturated heterocycles. The van der Waals surface area contributed by atoms with Gasteiger partial charge in [-0.15, -0.1) is 0 Å². The number of anilines is 3. The summed E-state index contributed by atoms with van der Waals surface area (Å²) in [6.45, 7) is 0. The van der Waals surface area contributed by atoms with Crippen molar-refractivity contribution in [1.82, 2.24) is 4.57 Å². The molecule has 2 heteroatoms. The molecule has 0 fully saturated rings. The van der Waals surface area contributed by atoms with Gasteiger partial charge in [0, 0.05) is 33.4 Å². The van der Waals surface area contributed by atoms with E-state index in [1.807, 2.05) is 0 Å². The van der Waals surface area contributed by atoms with Crippen LogP contribution < -0.4 is 4.90 Å². The molecule has 0 radical (unpaired) electrons. The van der Waals surface area contributed by atoms with Crippen molar-refractivity contribution in [2.45, 2.75) is 0 Å². The highest BCUT2D eigenvalue weighted by atomic mass is 15.1. The van der Waals surface area contributed by atoms with E-state index >= 15 is 0 Å². The standard InChI is InChI=1S/C62H42N2/c1-3-18-44(19-4-1)53-32-15-22-46-23-16-33-54(61(46)53)47-24-13-27-50(42-47)63(49-40-38-45(39-41-49)52-31-14-21-43-20-7-8-28-51(43)52)58-35-11-9-29-55(58)56-34-17-37-60-62(56)57-30-10-12-36-59(57)64(60)48-25-5-2-6-26-48/h1-42H. The van der Waals surface area contributed by atoms with E-state index in [2.05, 4.69) is 264 Å². The zero-order chi connectivity index (χ0) is 42.4. The third-order valence-corrected chi connectivity index (χ3v) is 12.8. The summed E-state index contributed by atoms with van der Waals surface area (Å²) in [4.78, 5) is 2.45. The van der Waals surface area contributed by atoms with Crippen molar-refractivity contribution in [2.75, 3.05) is 4.90 Å². The number of nitrogens with zero attached hydrogens (tertiary/aromatic N) is 2. The Morgan fingerprint density at radius 1 is 0.281 bits per heavy atom. The summed E-state index contributed by atoms with van der Waals surface area (Å²) < 4.78 is 2.40. The molecule has 0 amide bonds. The van der Waals surface area contributed by atoms with E-state index in [9.17, 15) is 0 Å². The molecule has 12 aromatic rings. The van der Waals surface area contributed by atoms with Crippen LogP contribution in [0.2, 0.25) is 0 Å². The molecule has 0 bridgehead atoms. The van der Waals surface area contributed by atoms with Crippen LogP contribution in [0, 0.1) is 0 Å². The Kier molecular flexibility index (Phi) is 9.20. The largest absolute Gasteiger partial charge is 0.310 e. The summed E-state index contributed by atoms with van der Waals surface area (Å²) in [6, 6.07) is 92.7. The van der Waals surface area contributed by atoms with Crippen LogP contribution in [0.4, 0.5) is 17.1 Å². The van der Waals surface area contributed by atoms with Gasteiger partial charge in [-0.25, -0.2) is 0 Å². The predicted octanol–water partition coefficient (Wildman–Crippen LogP) is 17.2. The third kappa shape index (κ3) is 6.35. The first-order chi connectivity index (χ1) is 31.8. The van der Waals surface area contributed by atoms with Gasteiger partial charge in [-0.1, -0.05) is 200 Å². The van der Waals surface area contributed by atoms with Crippen LogP contribution in [-0.4, -0.2) is 4.57 Å². The average molecular weight is 815 g/mol. The molecule has 0 atom stereocenters. The van der Waals surface area contributed by atoms with E-state index in [1.54, 1.807) is 0 Å². The molecule has 0 saturated carbocycles. The Labute approximate surface area is 373 Å².